The van der Waals surface area contributed by atoms with Crippen molar-refractivity contribution in [3.8, 4) is 0 Å². The molecule has 1 atom stereocenters. The van der Waals surface area contributed by atoms with E-state index in [-0.39, 0.29) is 11.3 Å². The van der Waals surface area contributed by atoms with Gasteiger partial charge in [0.1, 0.15) is 17.7 Å². The van der Waals surface area contributed by atoms with Crippen LogP contribution in [0.2, 0.25) is 5.02 Å². The first kappa shape index (κ1) is 12.8. The van der Waals surface area contributed by atoms with E-state index in [2.05, 4.69) is 0 Å². The van der Waals surface area contributed by atoms with E-state index >= 15 is 0 Å². The Labute approximate surface area is 108 Å². The molecule has 0 fully saturated rings. The van der Waals surface area contributed by atoms with Gasteiger partial charge in [-0.05, 0) is 24.3 Å². The lowest BCUT2D eigenvalue weighted by Crippen LogP contribution is -2.08. The van der Waals surface area contributed by atoms with Gasteiger partial charge in [0.05, 0.1) is 5.56 Å². The number of aliphatic hydroxyl groups is 1. The predicted molar refractivity (Wildman–Crippen MR) is 66.3 cm³/mol. The minimum Gasteiger partial charge on any atom is -0.398 e. The fourth-order valence-corrected chi connectivity index (χ4v) is 1.90. The summed E-state index contributed by atoms with van der Waals surface area (Å²) in [6.07, 6.45) is -1.47. The zero-order chi connectivity index (χ0) is 13.3. The fraction of sp³-hybridized carbons (Fsp3) is 0.0769. The first-order valence-electron chi connectivity index (χ1n) is 5.17. The van der Waals surface area contributed by atoms with Crippen molar-refractivity contribution in [3.05, 3.63) is 64.2 Å². The second kappa shape index (κ2) is 4.92. The molecule has 5 heteroatoms. The van der Waals surface area contributed by atoms with Crippen molar-refractivity contribution in [2.45, 2.75) is 6.10 Å². The molecule has 2 aromatic carbocycles. The number of rotatable bonds is 2. The molecule has 1 unspecified atom stereocenters. The van der Waals surface area contributed by atoms with Gasteiger partial charge in [-0.2, -0.15) is 0 Å². The quantitative estimate of drug-likeness (QED) is 0.822. The van der Waals surface area contributed by atoms with Gasteiger partial charge < -0.3 is 10.8 Å². The molecule has 0 aliphatic rings. The van der Waals surface area contributed by atoms with Crippen LogP contribution in [0.5, 0.6) is 0 Å². The van der Waals surface area contributed by atoms with E-state index in [0.717, 1.165) is 12.1 Å². The lowest BCUT2D eigenvalue weighted by molar-refractivity contribution is 0.210. The van der Waals surface area contributed by atoms with Crippen molar-refractivity contribution in [2.24, 2.45) is 0 Å². The smallest absolute Gasteiger partial charge is 0.132 e. The number of nitrogen functional groups attached to an aromatic ring is 1. The molecule has 0 bridgehead atoms. The van der Waals surface area contributed by atoms with Gasteiger partial charge in [-0.1, -0.05) is 23.7 Å². The van der Waals surface area contributed by atoms with Crippen molar-refractivity contribution in [1.29, 1.82) is 0 Å². The molecule has 0 aliphatic carbocycles. The van der Waals surface area contributed by atoms with Gasteiger partial charge in [0.15, 0.2) is 0 Å². The van der Waals surface area contributed by atoms with Crippen molar-refractivity contribution in [3.63, 3.8) is 0 Å². The topological polar surface area (TPSA) is 46.2 Å². The lowest BCUT2D eigenvalue weighted by atomic mass is 9.99. The lowest BCUT2D eigenvalue weighted by Gasteiger charge is -2.15. The van der Waals surface area contributed by atoms with Gasteiger partial charge in [0, 0.05) is 16.3 Å². The summed E-state index contributed by atoms with van der Waals surface area (Å²) in [4.78, 5) is 0. The summed E-state index contributed by atoms with van der Waals surface area (Å²) >= 11 is 5.72. The standard InChI is InChI=1S/C13H10ClF2NO/c14-7-4-5-8(11(17)6-7)13(18)12-9(15)2-1-3-10(12)16/h1-6,13,18H,17H2. The Morgan fingerprint density at radius 3 is 2.28 bits per heavy atom. The highest BCUT2D eigenvalue weighted by molar-refractivity contribution is 6.30. The van der Waals surface area contributed by atoms with E-state index in [1.54, 1.807) is 0 Å². The van der Waals surface area contributed by atoms with E-state index in [4.69, 9.17) is 17.3 Å². The Hall–Kier alpha value is -1.65. The molecule has 2 rings (SSSR count). The molecule has 2 nitrogen and oxygen atoms in total. The predicted octanol–water partition coefficient (Wildman–Crippen LogP) is 3.28. The van der Waals surface area contributed by atoms with E-state index in [9.17, 15) is 13.9 Å². The third kappa shape index (κ3) is 2.30. The van der Waals surface area contributed by atoms with Crippen LogP contribution in [0, 0.1) is 11.6 Å². The number of benzene rings is 2. The Bertz CT molecular complexity index is 569. The second-order valence-corrected chi connectivity index (χ2v) is 4.25. The summed E-state index contributed by atoms with van der Waals surface area (Å²) < 4.78 is 27.1. The molecule has 0 heterocycles. The Kier molecular flexibility index (Phi) is 3.50. The van der Waals surface area contributed by atoms with Crippen LogP contribution in [0.25, 0.3) is 0 Å². The highest BCUT2D eigenvalue weighted by Gasteiger charge is 2.21. The van der Waals surface area contributed by atoms with Crippen molar-refractivity contribution in [1.82, 2.24) is 0 Å². The maximum absolute atomic E-state index is 13.5. The van der Waals surface area contributed by atoms with E-state index in [0.29, 0.717) is 5.02 Å². The molecular formula is C13H10ClF2NO. The van der Waals surface area contributed by atoms with E-state index in [1.807, 2.05) is 0 Å². The van der Waals surface area contributed by atoms with Crippen LogP contribution >= 0.6 is 11.6 Å². The zero-order valence-corrected chi connectivity index (χ0v) is 9.96. The largest absolute Gasteiger partial charge is 0.398 e. The number of aliphatic hydroxyl groups excluding tert-OH is 1. The molecule has 0 radical (unpaired) electrons. The minimum atomic E-state index is -1.47. The number of anilines is 1. The third-order valence-electron chi connectivity index (χ3n) is 2.62. The van der Waals surface area contributed by atoms with Gasteiger partial charge in [-0.15, -0.1) is 0 Å². The third-order valence-corrected chi connectivity index (χ3v) is 2.85. The molecule has 0 saturated carbocycles. The van der Waals surface area contributed by atoms with Crippen LogP contribution in [0.3, 0.4) is 0 Å². The summed E-state index contributed by atoms with van der Waals surface area (Å²) in [7, 11) is 0. The van der Waals surface area contributed by atoms with E-state index < -0.39 is 23.3 Å². The molecule has 2 aromatic rings. The Morgan fingerprint density at radius 1 is 1.11 bits per heavy atom. The molecule has 0 aliphatic heterocycles. The fourth-order valence-electron chi connectivity index (χ4n) is 1.72. The highest BCUT2D eigenvalue weighted by atomic mass is 35.5. The first-order valence-corrected chi connectivity index (χ1v) is 5.55. The molecule has 18 heavy (non-hydrogen) atoms. The van der Waals surface area contributed by atoms with Crippen molar-refractivity contribution < 1.29 is 13.9 Å². The summed E-state index contributed by atoms with van der Waals surface area (Å²) in [5.41, 5.74) is 5.64. The van der Waals surface area contributed by atoms with Gasteiger partial charge in [0.25, 0.3) is 0 Å². The van der Waals surface area contributed by atoms with Crippen LogP contribution in [-0.2, 0) is 0 Å². The summed E-state index contributed by atoms with van der Waals surface area (Å²) in [5, 5.41) is 10.4. The number of halogens is 3. The van der Waals surface area contributed by atoms with Crippen LogP contribution < -0.4 is 5.73 Å². The Balaban J connectivity index is 2.51. The second-order valence-electron chi connectivity index (χ2n) is 3.81. The molecular weight excluding hydrogens is 260 g/mol. The maximum Gasteiger partial charge on any atom is 0.132 e. The first-order chi connectivity index (χ1) is 8.50. The van der Waals surface area contributed by atoms with Crippen LogP contribution in [0.1, 0.15) is 17.2 Å². The average molecular weight is 270 g/mol. The number of hydrogen-bond donors (Lipinski definition) is 2. The van der Waals surface area contributed by atoms with Gasteiger partial charge in [0.2, 0.25) is 0 Å². The summed E-state index contributed by atoms with van der Waals surface area (Å²) in [5.74, 6) is -1.64. The maximum atomic E-state index is 13.5. The van der Waals surface area contributed by atoms with E-state index in [1.165, 1.54) is 24.3 Å². The molecule has 0 aromatic heterocycles. The normalized spacial score (nSPS) is 12.4. The highest BCUT2D eigenvalue weighted by Crippen LogP contribution is 2.31. The van der Waals surface area contributed by atoms with Crippen LogP contribution in [0.4, 0.5) is 14.5 Å². The molecule has 0 amide bonds. The van der Waals surface area contributed by atoms with Crippen LogP contribution in [0.15, 0.2) is 36.4 Å². The summed E-state index contributed by atoms with van der Waals surface area (Å²) in [6, 6.07) is 7.73. The molecule has 0 spiro atoms. The SMILES string of the molecule is Nc1cc(Cl)ccc1C(O)c1c(F)cccc1F. The van der Waals surface area contributed by atoms with Crippen molar-refractivity contribution >= 4 is 17.3 Å². The zero-order valence-electron chi connectivity index (χ0n) is 9.20. The van der Waals surface area contributed by atoms with Crippen LogP contribution in [-0.4, -0.2) is 5.11 Å². The van der Waals surface area contributed by atoms with Crippen molar-refractivity contribution in [2.75, 3.05) is 5.73 Å². The summed E-state index contributed by atoms with van der Waals surface area (Å²) in [6.45, 7) is 0. The minimum absolute atomic E-state index is 0.178. The monoisotopic (exact) mass is 269 g/mol. The average Bonchev–Trinajstić information content (AvgIpc) is 2.28. The number of nitrogens with two attached hydrogens (primary N) is 1. The van der Waals surface area contributed by atoms with Gasteiger partial charge >= 0.3 is 0 Å². The molecule has 3 N–H and O–H groups in total. The number of hydrogen-bond acceptors (Lipinski definition) is 2. The molecule has 0 saturated heterocycles. The Morgan fingerprint density at radius 2 is 1.72 bits per heavy atom. The molecule has 94 valence electrons. The van der Waals surface area contributed by atoms with Gasteiger partial charge in [-0.25, -0.2) is 8.78 Å². The van der Waals surface area contributed by atoms with Gasteiger partial charge in [-0.3, -0.25) is 0 Å².